The Labute approximate surface area is 111 Å². The SMILES string of the molecule is CCCCCCCCCN=Cc1ccc(O)cc1. The van der Waals surface area contributed by atoms with E-state index in [0.29, 0.717) is 5.75 Å². The first-order valence-corrected chi connectivity index (χ1v) is 7.12. The van der Waals surface area contributed by atoms with Gasteiger partial charge in [0, 0.05) is 12.8 Å². The molecule has 0 fully saturated rings. The van der Waals surface area contributed by atoms with Gasteiger partial charge in [-0.15, -0.1) is 0 Å². The lowest BCUT2D eigenvalue weighted by Gasteiger charge is -1.99. The van der Waals surface area contributed by atoms with Crippen LogP contribution in [0.25, 0.3) is 0 Å². The monoisotopic (exact) mass is 247 g/mol. The Morgan fingerprint density at radius 2 is 1.56 bits per heavy atom. The highest BCUT2D eigenvalue weighted by Gasteiger charge is 1.91. The standard InChI is InChI=1S/C16H25NO/c1-2-3-4-5-6-7-8-13-17-14-15-9-11-16(18)12-10-15/h9-12,14,18H,2-8,13H2,1H3. The van der Waals surface area contributed by atoms with E-state index in [0.717, 1.165) is 12.1 Å². The van der Waals surface area contributed by atoms with Crippen LogP contribution in [0.15, 0.2) is 29.3 Å². The largest absolute Gasteiger partial charge is 0.508 e. The molecule has 18 heavy (non-hydrogen) atoms. The van der Waals surface area contributed by atoms with E-state index in [1.54, 1.807) is 12.1 Å². The molecule has 0 aromatic heterocycles. The van der Waals surface area contributed by atoms with Gasteiger partial charge in [-0.05, 0) is 36.2 Å². The Morgan fingerprint density at radius 1 is 0.944 bits per heavy atom. The molecule has 1 aromatic rings. The van der Waals surface area contributed by atoms with Gasteiger partial charge in [-0.1, -0.05) is 45.4 Å². The number of aromatic hydroxyl groups is 1. The van der Waals surface area contributed by atoms with Crippen molar-refractivity contribution < 1.29 is 5.11 Å². The van der Waals surface area contributed by atoms with E-state index in [-0.39, 0.29) is 0 Å². The molecule has 2 heteroatoms. The van der Waals surface area contributed by atoms with E-state index in [2.05, 4.69) is 11.9 Å². The quantitative estimate of drug-likeness (QED) is 0.503. The van der Waals surface area contributed by atoms with Crippen molar-refractivity contribution in [2.24, 2.45) is 4.99 Å². The third-order valence-corrected chi connectivity index (χ3v) is 3.02. The normalized spacial score (nSPS) is 11.2. The van der Waals surface area contributed by atoms with Crippen LogP contribution in [0.5, 0.6) is 5.75 Å². The van der Waals surface area contributed by atoms with Crippen LogP contribution >= 0.6 is 0 Å². The molecule has 100 valence electrons. The number of phenolic OH excluding ortho intramolecular Hbond substituents is 1. The third-order valence-electron chi connectivity index (χ3n) is 3.02. The van der Waals surface area contributed by atoms with Gasteiger partial charge in [0.15, 0.2) is 0 Å². The van der Waals surface area contributed by atoms with Crippen LogP contribution in [0, 0.1) is 0 Å². The highest BCUT2D eigenvalue weighted by Crippen LogP contribution is 2.08. The summed E-state index contributed by atoms with van der Waals surface area (Å²) in [4.78, 5) is 4.40. The summed E-state index contributed by atoms with van der Waals surface area (Å²) in [7, 11) is 0. The lowest BCUT2D eigenvalue weighted by Crippen LogP contribution is -1.86. The molecule has 0 atom stereocenters. The molecule has 1 N–H and O–H groups in total. The minimum absolute atomic E-state index is 0.305. The summed E-state index contributed by atoms with van der Waals surface area (Å²) in [5, 5.41) is 9.14. The van der Waals surface area contributed by atoms with Gasteiger partial charge in [0.05, 0.1) is 0 Å². The van der Waals surface area contributed by atoms with Gasteiger partial charge in [0.2, 0.25) is 0 Å². The Bertz CT molecular complexity index is 329. The first-order chi connectivity index (χ1) is 8.83. The number of rotatable bonds is 9. The fraction of sp³-hybridized carbons (Fsp3) is 0.562. The molecule has 0 aliphatic heterocycles. The highest BCUT2D eigenvalue weighted by molar-refractivity contribution is 5.79. The molecule has 0 aliphatic carbocycles. The number of unbranched alkanes of at least 4 members (excludes halogenated alkanes) is 6. The average Bonchev–Trinajstić information content (AvgIpc) is 2.39. The molecule has 0 amide bonds. The molecular weight excluding hydrogens is 222 g/mol. The lowest BCUT2D eigenvalue weighted by atomic mass is 10.1. The predicted octanol–water partition coefficient (Wildman–Crippen LogP) is 4.56. The van der Waals surface area contributed by atoms with E-state index in [1.807, 2.05) is 18.3 Å². The Hall–Kier alpha value is -1.31. The van der Waals surface area contributed by atoms with Crippen LogP contribution in [0.2, 0.25) is 0 Å². The number of hydrogen-bond acceptors (Lipinski definition) is 2. The molecule has 0 spiro atoms. The van der Waals surface area contributed by atoms with E-state index in [9.17, 15) is 0 Å². The summed E-state index contributed by atoms with van der Waals surface area (Å²) in [6.45, 7) is 3.16. The molecule has 2 nitrogen and oxygen atoms in total. The maximum Gasteiger partial charge on any atom is 0.115 e. The molecule has 1 aromatic carbocycles. The lowest BCUT2D eigenvalue weighted by molar-refractivity contribution is 0.475. The van der Waals surface area contributed by atoms with E-state index in [1.165, 1.54) is 44.9 Å². The summed E-state index contributed by atoms with van der Waals surface area (Å²) in [6, 6.07) is 7.14. The van der Waals surface area contributed by atoms with E-state index < -0.39 is 0 Å². The number of hydrogen-bond donors (Lipinski definition) is 1. The van der Waals surface area contributed by atoms with Gasteiger partial charge < -0.3 is 5.11 Å². The van der Waals surface area contributed by atoms with Crippen LogP contribution in [0.3, 0.4) is 0 Å². The van der Waals surface area contributed by atoms with Gasteiger partial charge >= 0.3 is 0 Å². The molecule has 0 aliphatic rings. The Balaban J connectivity index is 2.02. The maximum absolute atomic E-state index is 9.14. The van der Waals surface area contributed by atoms with Crippen molar-refractivity contribution in [1.82, 2.24) is 0 Å². The number of benzene rings is 1. The topological polar surface area (TPSA) is 32.6 Å². The van der Waals surface area contributed by atoms with Crippen LogP contribution in [-0.2, 0) is 0 Å². The summed E-state index contributed by atoms with van der Waals surface area (Å²) in [6.07, 6.45) is 11.1. The van der Waals surface area contributed by atoms with Crippen molar-refractivity contribution in [2.45, 2.75) is 51.9 Å². The van der Waals surface area contributed by atoms with Gasteiger partial charge in [-0.3, -0.25) is 4.99 Å². The first-order valence-electron chi connectivity index (χ1n) is 7.12. The zero-order chi connectivity index (χ0) is 13.1. The van der Waals surface area contributed by atoms with Crippen LogP contribution in [-0.4, -0.2) is 17.9 Å². The Kier molecular flexibility index (Phi) is 7.94. The number of phenols is 1. The molecule has 0 heterocycles. The first kappa shape index (κ1) is 14.7. The summed E-state index contributed by atoms with van der Waals surface area (Å²) < 4.78 is 0. The molecule has 0 saturated carbocycles. The van der Waals surface area contributed by atoms with E-state index >= 15 is 0 Å². The number of aliphatic imine (C=N–C) groups is 1. The van der Waals surface area contributed by atoms with Crippen molar-refractivity contribution in [3.8, 4) is 5.75 Å². The Morgan fingerprint density at radius 3 is 2.22 bits per heavy atom. The second kappa shape index (κ2) is 9.69. The molecule has 0 saturated heterocycles. The van der Waals surface area contributed by atoms with Gasteiger partial charge in [0.25, 0.3) is 0 Å². The minimum Gasteiger partial charge on any atom is -0.508 e. The van der Waals surface area contributed by atoms with Gasteiger partial charge in [-0.2, -0.15) is 0 Å². The smallest absolute Gasteiger partial charge is 0.115 e. The van der Waals surface area contributed by atoms with Crippen LogP contribution < -0.4 is 0 Å². The molecule has 1 rings (SSSR count). The maximum atomic E-state index is 9.14. The van der Waals surface area contributed by atoms with Gasteiger partial charge in [-0.25, -0.2) is 0 Å². The van der Waals surface area contributed by atoms with Crippen molar-refractivity contribution in [3.63, 3.8) is 0 Å². The van der Waals surface area contributed by atoms with Crippen molar-refractivity contribution >= 4 is 6.21 Å². The average molecular weight is 247 g/mol. The second-order valence-electron chi connectivity index (χ2n) is 4.75. The van der Waals surface area contributed by atoms with Crippen LogP contribution in [0.1, 0.15) is 57.4 Å². The van der Waals surface area contributed by atoms with E-state index in [4.69, 9.17) is 5.11 Å². The fourth-order valence-electron chi connectivity index (χ4n) is 1.89. The fourth-order valence-corrected chi connectivity index (χ4v) is 1.89. The molecule has 0 radical (unpaired) electrons. The minimum atomic E-state index is 0.305. The van der Waals surface area contributed by atoms with Crippen molar-refractivity contribution in [2.75, 3.05) is 6.54 Å². The van der Waals surface area contributed by atoms with Gasteiger partial charge in [0.1, 0.15) is 5.75 Å². The zero-order valence-electron chi connectivity index (χ0n) is 11.4. The third kappa shape index (κ3) is 7.10. The molecule has 0 unspecified atom stereocenters. The summed E-state index contributed by atoms with van der Waals surface area (Å²) in [5.41, 5.74) is 1.05. The van der Waals surface area contributed by atoms with Crippen LogP contribution in [0.4, 0.5) is 0 Å². The van der Waals surface area contributed by atoms with Crippen molar-refractivity contribution in [1.29, 1.82) is 0 Å². The molecular formula is C16H25NO. The summed E-state index contributed by atoms with van der Waals surface area (Å²) >= 11 is 0. The zero-order valence-corrected chi connectivity index (χ0v) is 11.4. The predicted molar refractivity (Wildman–Crippen MR) is 78.6 cm³/mol. The molecule has 0 bridgehead atoms. The highest BCUT2D eigenvalue weighted by atomic mass is 16.3. The summed E-state index contributed by atoms with van der Waals surface area (Å²) in [5.74, 6) is 0.305. The van der Waals surface area contributed by atoms with Crippen molar-refractivity contribution in [3.05, 3.63) is 29.8 Å². The number of nitrogens with zero attached hydrogens (tertiary/aromatic N) is 1. The second-order valence-corrected chi connectivity index (χ2v) is 4.75.